The van der Waals surface area contributed by atoms with Crippen molar-refractivity contribution >= 4 is 11.6 Å². The second-order valence-electron chi connectivity index (χ2n) is 3.75. The molecule has 0 aliphatic carbocycles. The second-order valence-corrected chi connectivity index (χ2v) is 3.75. The van der Waals surface area contributed by atoms with Crippen molar-refractivity contribution in [1.82, 2.24) is 10.3 Å². The summed E-state index contributed by atoms with van der Waals surface area (Å²) < 4.78 is 12.7. The van der Waals surface area contributed by atoms with Gasteiger partial charge in [0.1, 0.15) is 5.82 Å². The number of carbonyl (C=O) groups is 1. The van der Waals surface area contributed by atoms with Crippen LogP contribution in [-0.2, 0) is 6.54 Å². The van der Waals surface area contributed by atoms with E-state index in [0.717, 1.165) is 5.56 Å². The van der Waals surface area contributed by atoms with Crippen molar-refractivity contribution in [3.05, 3.63) is 59.7 Å². The van der Waals surface area contributed by atoms with Crippen LogP contribution in [-0.4, -0.2) is 10.9 Å². The molecule has 0 atom stereocenters. The van der Waals surface area contributed by atoms with Crippen molar-refractivity contribution in [2.24, 2.45) is 0 Å². The molecule has 4 nitrogen and oxygen atoms in total. The van der Waals surface area contributed by atoms with Gasteiger partial charge in [0.15, 0.2) is 5.69 Å². The summed E-state index contributed by atoms with van der Waals surface area (Å²) in [6.45, 7) is 0.301. The van der Waals surface area contributed by atoms with Gasteiger partial charge in [-0.1, -0.05) is 12.1 Å². The lowest BCUT2D eigenvalue weighted by molar-refractivity contribution is 0.0947. The molecule has 2 aromatic rings. The van der Waals surface area contributed by atoms with Crippen LogP contribution in [0.2, 0.25) is 0 Å². The number of hydrogen-bond acceptors (Lipinski definition) is 3. The molecule has 3 N–H and O–H groups in total. The minimum absolute atomic E-state index is 0.194. The average Bonchev–Trinajstić information content (AvgIpc) is 2.38. The average molecular weight is 245 g/mol. The molecule has 1 heterocycles. The van der Waals surface area contributed by atoms with E-state index in [0.29, 0.717) is 12.2 Å². The van der Waals surface area contributed by atoms with E-state index in [1.165, 1.54) is 18.3 Å². The number of nitrogens with zero attached hydrogens (tertiary/aromatic N) is 1. The molecule has 92 valence electrons. The largest absolute Gasteiger partial charge is 0.397 e. The number of nitrogens with one attached hydrogen (secondary N) is 1. The number of hydrogen-bond donors (Lipinski definition) is 2. The third-order valence-electron chi connectivity index (χ3n) is 2.42. The topological polar surface area (TPSA) is 68.0 Å². The number of aromatic nitrogens is 1. The fraction of sp³-hybridized carbons (Fsp3) is 0.0769. The Kier molecular flexibility index (Phi) is 3.52. The summed E-state index contributed by atoms with van der Waals surface area (Å²) in [6, 6.07) is 9.17. The number of carbonyl (C=O) groups excluding carboxylic acids is 1. The molecule has 0 fully saturated rings. The lowest BCUT2D eigenvalue weighted by atomic mass is 10.2. The molecule has 0 saturated heterocycles. The number of rotatable bonds is 3. The number of amides is 1. The molecule has 2 rings (SSSR count). The van der Waals surface area contributed by atoms with Crippen molar-refractivity contribution in [2.45, 2.75) is 6.54 Å². The van der Waals surface area contributed by atoms with Crippen molar-refractivity contribution < 1.29 is 9.18 Å². The van der Waals surface area contributed by atoms with Gasteiger partial charge in [0.05, 0.1) is 5.69 Å². The molecule has 1 aromatic heterocycles. The van der Waals surface area contributed by atoms with Gasteiger partial charge in [0.25, 0.3) is 5.91 Å². The Morgan fingerprint density at radius 3 is 2.67 bits per heavy atom. The van der Waals surface area contributed by atoms with E-state index in [4.69, 9.17) is 5.73 Å². The van der Waals surface area contributed by atoms with Gasteiger partial charge in [0.2, 0.25) is 0 Å². The molecule has 0 bridgehead atoms. The molecule has 0 aliphatic heterocycles. The Morgan fingerprint density at radius 2 is 2.00 bits per heavy atom. The Balaban J connectivity index is 2.01. The first kappa shape index (κ1) is 12.0. The minimum atomic E-state index is -0.350. The quantitative estimate of drug-likeness (QED) is 0.865. The first-order valence-corrected chi connectivity index (χ1v) is 5.40. The maximum Gasteiger partial charge on any atom is 0.272 e. The van der Waals surface area contributed by atoms with E-state index >= 15 is 0 Å². The summed E-state index contributed by atoms with van der Waals surface area (Å²) >= 11 is 0. The van der Waals surface area contributed by atoms with Crippen LogP contribution in [0.5, 0.6) is 0 Å². The zero-order valence-corrected chi connectivity index (χ0v) is 9.56. The summed E-state index contributed by atoms with van der Waals surface area (Å²) in [5.41, 5.74) is 6.96. The first-order chi connectivity index (χ1) is 8.66. The van der Waals surface area contributed by atoms with Gasteiger partial charge >= 0.3 is 0 Å². The number of anilines is 1. The minimum Gasteiger partial charge on any atom is -0.397 e. The fourth-order valence-electron chi connectivity index (χ4n) is 1.48. The molecule has 0 aliphatic rings. The molecule has 5 heteroatoms. The highest BCUT2D eigenvalue weighted by atomic mass is 19.1. The first-order valence-electron chi connectivity index (χ1n) is 5.40. The highest BCUT2D eigenvalue weighted by molar-refractivity contribution is 5.96. The number of pyridine rings is 1. The van der Waals surface area contributed by atoms with Gasteiger partial charge in [-0.3, -0.25) is 4.79 Å². The van der Waals surface area contributed by atoms with Gasteiger partial charge < -0.3 is 11.1 Å². The van der Waals surface area contributed by atoms with E-state index in [-0.39, 0.29) is 17.4 Å². The standard InChI is InChI=1S/C13H12FN3O/c14-10-5-3-9(4-6-10)8-17-13(18)12-11(15)2-1-7-16-12/h1-7H,8,15H2,(H,17,18). The Hall–Kier alpha value is -2.43. The van der Waals surface area contributed by atoms with Crippen molar-refractivity contribution in [3.8, 4) is 0 Å². The van der Waals surface area contributed by atoms with Crippen LogP contribution in [0.25, 0.3) is 0 Å². The van der Waals surface area contributed by atoms with E-state index in [1.54, 1.807) is 24.3 Å². The summed E-state index contributed by atoms with van der Waals surface area (Å²) in [5.74, 6) is -0.656. The molecule has 0 radical (unpaired) electrons. The Labute approximate surface area is 104 Å². The third-order valence-corrected chi connectivity index (χ3v) is 2.42. The fourth-order valence-corrected chi connectivity index (χ4v) is 1.48. The van der Waals surface area contributed by atoms with Crippen molar-refractivity contribution in [2.75, 3.05) is 5.73 Å². The Bertz CT molecular complexity index is 554. The number of benzene rings is 1. The normalized spacial score (nSPS) is 10.1. The summed E-state index contributed by atoms with van der Waals surface area (Å²) in [7, 11) is 0. The van der Waals surface area contributed by atoms with E-state index in [9.17, 15) is 9.18 Å². The molecule has 0 unspecified atom stereocenters. The van der Waals surface area contributed by atoms with E-state index in [1.807, 2.05) is 0 Å². The third kappa shape index (κ3) is 2.82. The van der Waals surface area contributed by atoms with Gasteiger partial charge in [-0.2, -0.15) is 0 Å². The number of nitrogen functional groups attached to an aromatic ring is 1. The van der Waals surface area contributed by atoms with Gasteiger partial charge in [-0.15, -0.1) is 0 Å². The number of nitrogens with two attached hydrogens (primary N) is 1. The van der Waals surface area contributed by atoms with Crippen LogP contribution in [0.15, 0.2) is 42.6 Å². The molecule has 18 heavy (non-hydrogen) atoms. The summed E-state index contributed by atoms with van der Waals surface area (Å²) in [6.07, 6.45) is 1.50. The van der Waals surface area contributed by atoms with Crippen LogP contribution < -0.4 is 11.1 Å². The maximum absolute atomic E-state index is 12.7. The zero-order valence-electron chi connectivity index (χ0n) is 9.56. The smallest absolute Gasteiger partial charge is 0.272 e. The predicted octanol–water partition coefficient (Wildman–Crippen LogP) is 1.73. The second kappa shape index (κ2) is 5.27. The van der Waals surface area contributed by atoms with Crippen LogP contribution in [0.3, 0.4) is 0 Å². The zero-order chi connectivity index (χ0) is 13.0. The van der Waals surface area contributed by atoms with Crippen molar-refractivity contribution in [1.29, 1.82) is 0 Å². The molecule has 1 aromatic carbocycles. The molecule has 0 saturated carbocycles. The molecular weight excluding hydrogens is 233 g/mol. The lowest BCUT2D eigenvalue weighted by Gasteiger charge is -2.06. The summed E-state index contributed by atoms with van der Waals surface area (Å²) in [4.78, 5) is 15.7. The highest BCUT2D eigenvalue weighted by Gasteiger charge is 2.09. The van der Waals surface area contributed by atoms with Crippen LogP contribution >= 0.6 is 0 Å². The van der Waals surface area contributed by atoms with Gasteiger partial charge in [-0.05, 0) is 29.8 Å². The molecule has 1 amide bonds. The molecular formula is C13H12FN3O. The van der Waals surface area contributed by atoms with E-state index < -0.39 is 0 Å². The predicted molar refractivity (Wildman–Crippen MR) is 66.2 cm³/mol. The molecule has 0 spiro atoms. The number of halogens is 1. The van der Waals surface area contributed by atoms with Crippen LogP contribution in [0.1, 0.15) is 16.1 Å². The maximum atomic E-state index is 12.7. The lowest BCUT2D eigenvalue weighted by Crippen LogP contribution is -2.24. The Morgan fingerprint density at radius 1 is 1.28 bits per heavy atom. The van der Waals surface area contributed by atoms with Gasteiger partial charge in [0, 0.05) is 12.7 Å². The monoisotopic (exact) mass is 245 g/mol. The van der Waals surface area contributed by atoms with Crippen molar-refractivity contribution in [3.63, 3.8) is 0 Å². The SMILES string of the molecule is Nc1cccnc1C(=O)NCc1ccc(F)cc1. The van der Waals surface area contributed by atoms with Crippen LogP contribution in [0.4, 0.5) is 10.1 Å². The highest BCUT2D eigenvalue weighted by Crippen LogP contribution is 2.07. The van der Waals surface area contributed by atoms with Gasteiger partial charge in [-0.25, -0.2) is 9.37 Å². The van der Waals surface area contributed by atoms with E-state index in [2.05, 4.69) is 10.3 Å². The summed E-state index contributed by atoms with van der Waals surface area (Å²) in [5, 5.41) is 2.67. The van der Waals surface area contributed by atoms with Crippen LogP contribution in [0, 0.1) is 5.82 Å².